The summed E-state index contributed by atoms with van der Waals surface area (Å²) >= 11 is 0. The van der Waals surface area contributed by atoms with E-state index in [-0.39, 0.29) is 11.9 Å². The van der Waals surface area contributed by atoms with E-state index >= 15 is 0 Å². The molecule has 1 aliphatic heterocycles. The lowest BCUT2D eigenvalue weighted by Gasteiger charge is -2.12. The number of rotatable bonds is 4. The standard InChI is InChI=1S/C14H19NO2/c1-3-17-14(16)8-10(2)11-4-5-13-12(9-11)6-7-15-13/h4-5,9-10,15H,3,6-8H2,1-2H3/t10-/m1/s1. The number of benzene rings is 1. The molecule has 1 aromatic rings. The summed E-state index contributed by atoms with van der Waals surface area (Å²) in [4.78, 5) is 11.4. The van der Waals surface area contributed by atoms with Crippen LogP contribution in [0.5, 0.6) is 0 Å². The summed E-state index contributed by atoms with van der Waals surface area (Å²) in [6, 6.07) is 6.42. The second kappa shape index (κ2) is 5.21. The number of fused-ring (bicyclic) bond motifs is 1. The van der Waals surface area contributed by atoms with Gasteiger partial charge in [0.2, 0.25) is 0 Å². The van der Waals surface area contributed by atoms with Gasteiger partial charge in [-0.2, -0.15) is 0 Å². The van der Waals surface area contributed by atoms with Crippen LogP contribution in [0.15, 0.2) is 18.2 Å². The molecule has 0 saturated heterocycles. The highest BCUT2D eigenvalue weighted by atomic mass is 16.5. The molecule has 0 amide bonds. The minimum absolute atomic E-state index is 0.112. The van der Waals surface area contributed by atoms with Gasteiger partial charge in [0, 0.05) is 12.2 Å². The van der Waals surface area contributed by atoms with Gasteiger partial charge in [-0.15, -0.1) is 0 Å². The van der Waals surface area contributed by atoms with Crippen LogP contribution in [0, 0.1) is 0 Å². The molecule has 0 spiro atoms. The SMILES string of the molecule is CCOC(=O)C[C@@H](C)c1ccc2c(c1)CCN2. The van der Waals surface area contributed by atoms with Crippen LogP contribution in [0.4, 0.5) is 5.69 Å². The predicted octanol–water partition coefficient (Wildman–Crippen LogP) is 2.71. The smallest absolute Gasteiger partial charge is 0.306 e. The van der Waals surface area contributed by atoms with Gasteiger partial charge in [-0.1, -0.05) is 19.1 Å². The fraction of sp³-hybridized carbons (Fsp3) is 0.500. The third-order valence-electron chi connectivity index (χ3n) is 3.19. The molecule has 3 heteroatoms. The van der Waals surface area contributed by atoms with Crippen molar-refractivity contribution in [1.82, 2.24) is 0 Å². The number of esters is 1. The Hall–Kier alpha value is -1.51. The van der Waals surface area contributed by atoms with Crippen LogP contribution >= 0.6 is 0 Å². The Morgan fingerprint density at radius 3 is 3.12 bits per heavy atom. The molecule has 0 bridgehead atoms. The number of hydrogen-bond acceptors (Lipinski definition) is 3. The number of carbonyl (C=O) groups excluding carboxylic acids is 1. The second-order valence-corrected chi connectivity index (χ2v) is 4.50. The van der Waals surface area contributed by atoms with Crippen LogP contribution in [-0.2, 0) is 16.0 Å². The van der Waals surface area contributed by atoms with Crippen molar-refractivity contribution in [3.8, 4) is 0 Å². The third kappa shape index (κ3) is 2.78. The number of ether oxygens (including phenoxy) is 1. The highest BCUT2D eigenvalue weighted by molar-refractivity contribution is 5.70. The zero-order valence-corrected chi connectivity index (χ0v) is 10.5. The van der Waals surface area contributed by atoms with Gasteiger partial charge in [0.25, 0.3) is 0 Å². The molecule has 1 heterocycles. The molecule has 92 valence electrons. The summed E-state index contributed by atoms with van der Waals surface area (Å²) in [5.41, 5.74) is 3.82. The maximum Gasteiger partial charge on any atom is 0.306 e. The molecule has 0 radical (unpaired) electrons. The van der Waals surface area contributed by atoms with Crippen LogP contribution in [0.2, 0.25) is 0 Å². The minimum atomic E-state index is -0.112. The van der Waals surface area contributed by atoms with E-state index in [2.05, 4.69) is 30.4 Å². The van der Waals surface area contributed by atoms with E-state index in [0.29, 0.717) is 13.0 Å². The van der Waals surface area contributed by atoms with E-state index in [0.717, 1.165) is 13.0 Å². The fourth-order valence-corrected chi connectivity index (χ4v) is 2.22. The number of nitrogens with one attached hydrogen (secondary N) is 1. The molecule has 3 nitrogen and oxygen atoms in total. The molecule has 0 unspecified atom stereocenters. The molecule has 17 heavy (non-hydrogen) atoms. The Morgan fingerprint density at radius 2 is 2.35 bits per heavy atom. The maximum atomic E-state index is 11.4. The predicted molar refractivity (Wildman–Crippen MR) is 68.3 cm³/mol. The van der Waals surface area contributed by atoms with E-state index < -0.39 is 0 Å². The quantitative estimate of drug-likeness (QED) is 0.813. The lowest BCUT2D eigenvalue weighted by Crippen LogP contribution is -2.08. The minimum Gasteiger partial charge on any atom is -0.466 e. The summed E-state index contributed by atoms with van der Waals surface area (Å²) in [6.45, 7) is 5.38. The second-order valence-electron chi connectivity index (χ2n) is 4.50. The number of carbonyl (C=O) groups is 1. The van der Waals surface area contributed by atoms with E-state index in [9.17, 15) is 4.79 Å². The molecular weight excluding hydrogens is 214 g/mol. The van der Waals surface area contributed by atoms with Crippen LogP contribution < -0.4 is 5.32 Å². The van der Waals surface area contributed by atoms with Crippen LogP contribution in [0.1, 0.15) is 37.3 Å². The van der Waals surface area contributed by atoms with Crippen molar-refractivity contribution in [2.75, 3.05) is 18.5 Å². The first-order valence-electron chi connectivity index (χ1n) is 6.23. The van der Waals surface area contributed by atoms with Gasteiger partial charge in [0.1, 0.15) is 0 Å². The van der Waals surface area contributed by atoms with E-state index in [1.807, 2.05) is 6.92 Å². The topological polar surface area (TPSA) is 38.3 Å². The van der Waals surface area contributed by atoms with Gasteiger partial charge < -0.3 is 10.1 Å². The van der Waals surface area contributed by atoms with Crippen LogP contribution in [0.3, 0.4) is 0 Å². The molecule has 1 aliphatic rings. The largest absolute Gasteiger partial charge is 0.466 e. The first-order chi connectivity index (χ1) is 8.20. The van der Waals surface area contributed by atoms with Gasteiger partial charge in [-0.3, -0.25) is 4.79 Å². The molecule has 0 aromatic heterocycles. The molecule has 1 N–H and O–H groups in total. The first-order valence-corrected chi connectivity index (χ1v) is 6.23. The Bertz CT molecular complexity index is 415. The van der Waals surface area contributed by atoms with Crippen LogP contribution in [-0.4, -0.2) is 19.1 Å². The summed E-state index contributed by atoms with van der Waals surface area (Å²) in [5, 5.41) is 3.34. The van der Waals surface area contributed by atoms with Crippen molar-refractivity contribution >= 4 is 11.7 Å². The van der Waals surface area contributed by atoms with Crippen molar-refractivity contribution in [2.24, 2.45) is 0 Å². The first kappa shape index (κ1) is 12.0. The van der Waals surface area contributed by atoms with Gasteiger partial charge in [-0.25, -0.2) is 0 Å². The van der Waals surface area contributed by atoms with Gasteiger partial charge in [0.05, 0.1) is 13.0 Å². The zero-order chi connectivity index (χ0) is 12.3. The average Bonchev–Trinajstić information content (AvgIpc) is 2.75. The molecule has 0 fully saturated rings. The van der Waals surface area contributed by atoms with Crippen molar-refractivity contribution in [2.45, 2.75) is 32.6 Å². The molecule has 0 saturated carbocycles. The average molecular weight is 233 g/mol. The van der Waals surface area contributed by atoms with Crippen LogP contribution in [0.25, 0.3) is 0 Å². The van der Waals surface area contributed by atoms with Gasteiger partial charge in [-0.05, 0) is 36.5 Å². The maximum absolute atomic E-state index is 11.4. The number of hydrogen-bond donors (Lipinski definition) is 1. The van der Waals surface area contributed by atoms with Crippen molar-refractivity contribution in [3.63, 3.8) is 0 Å². The molecule has 0 aliphatic carbocycles. The lowest BCUT2D eigenvalue weighted by molar-refractivity contribution is -0.143. The van der Waals surface area contributed by atoms with Gasteiger partial charge >= 0.3 is 5.97 Å². The summed E-state index contributed by atoms with van der Waals surface area (Å²) in [5.74, 6) is 0.110. The monoisotopic (exact) mass is 233 g/mol. The third-order valence-corrected chi connectivity index (χ3v) is 3.19. The normalized spacial score (nSPS) is 14.9. The Morgan fingerprint density at radius 1 is 1.53 bits per heavy atom. The van der Waals surface area contributed by atoms with Crippen molar-refractivity contribution < 1.29 is 9.53 Å². The Labute approximate surface area is 102 Å². The van der Waals surface area contributed by atoms with Gasteiger partial charge in [0.15, 0.2) is 0 Å². The van der Waals surface area contributed by atoms with Crippen molar-refractivity contribution in [3.05, 3.63) is 29.3 Å². The van der Waals surface area contributed by atoms with E-state index in [1.165, 1.54) is 16.8 Å². The molecule has 1 atom stereocenters. The summed E-state index contributed by atoms with van der Waals surface area (Å²) in [7, 11) is 0. The lowest BCUT2D eigenvalue weighted by atomic mass is 9.95. The highest BCUT2D eigenvalue weighted by Crippen LogP contribution is 2.28. The summed E-state index contributed by atoms with van der Waals surface area (Å²) in [6.07, 6.45) is 1.54. The van der Waals surface area contributed by atoms with E-state index in [4.69, 9.17) is 4.74 Å². The zero-order valence-electron chi connectivity index (χ0n) is 10.5. The Balaban J connectivity index is 2.04. The van der Waals surface area contributed by atoms with Crippen molar-refractivity contribution in [1.29, 1.82) is 0 Å². The highest BCUT2D eigenvalue weighted by Gasteiger charge is 2.15. The molecular formula is C14H19NO2. The molecule has 1 aromatic carbocycles. The molecule has 2 rings (SSSR count). The number of anilines is 1. The fourth-order valence-electron chi connectivity index (χ4n) is 2.22. The Kier molecular flexibility index (Phi) is 3.67. The summed E-state index contributed by atoms with van der Waals surface area (Å²) < 4.78 is 4.98. The van der Waals surface area contributed by atoms with E-state index in [1.54, 1.807) is 0 Å².